The molecule has 0 spiro atoms. The van der Waals surface area contributed by atoms with E-state index in [0.29, 0.717) is 17.3 Å². The fourth-order valence-electron chi connectivity index (χ4n) is 3.53. The maximum atomic E-state index is 12.8. The Kier molecular flexibility index (Phi) is 5.39. The molecule has 3 rings (SSSR count). The van der Waals surface area contributed by atoms with Gasteiger partial charge in [0.2, 0.25) is 0 Å². The Balaban J connectivity index is 1.58. The summed E-state index contributed by atoms with van der Waals surface area (Å²) < 4.78 is 0. The Hall–Kier alpha value is -2.33. The number of piperidine rings is 1. The van der Waals surface area contributed by atoms with Crippen molar-refractivity contribution in [2.24, 2.45) is 0 Å². The first-order valence-corrected chi connectivity index (χ1v) is 8.94. The largest absolute Gasteiger partial charge is 0.399 e. The highest BCUT2D eigenvalue weighted by atomic mass is 16.2. The van der Waals surface area contributed by atoms with Crippen molar-refractivity contribution < 1.29 is 4.79 Å². The molecule has 1 amide bonds. The van der Waals surface area contributed by atoms with E-state index >= 15 is 0 Å². The molecule has 0 aliphatic carbocycles. The number of nitrogens with zero attached hydrogens (tertiary/aromatic N) is 2. The molecule has 0 aromatic heterocycles. The molecule has 1 saturated heterocycles. The van der Waals surface area contributed by atoms with Crippen LogP contribution < -0.4 is 5.73 Å². The number of benzene rings is 2. The summed E-state index contributed by atoms with van der Waals surface area (Å²) >= 11 is 0. The van der Waals surface area contributed by atoms with Gasteiger partial charge < -0.3 is 10.6 Å². The minimum atomic E-state index is 0.0753. The standard InChI is InChI=1S/C21H27N3O/c1-16-8-9-18(22)14-20(16)21(25)23(2)19-10-12-24(13-11-19)15-17-6-4-3-5-7-17/h3-9,14,19H,10-13,15,22H2,1-2H3. The van der Waals surface area contributed by atoms with E-state index in [1.165, 1.54) is 5.56 Å². The van der Waals surface area contributed by atoms with Gasteiger partial charge in [-0.05, 0) is 43.0 Å². The average molecular weight is 337 g/mol. The van der Waals surface area contributed by atoms with Crippen molar-refractivity contribution in [3.8, 4) is 0 Å². The second-order valence-electron chi connectivity index (χ2n) is 6.98. The van der Waals surface area contributed by atoms with Gasteiger partial charge in [-0.15, -0.1) is 0 Å². The Morgan fingerprint density at radius 2 is 1.84 bits per heavy atom. The number of carbonyl (C=O) groups excluding carboxylic acids is 1. The number of likely N-dealkylation sites (tertiary alicyclic amines) is 1. The van der Waals surface area contributed by atoms with Gasteiger partial charge in [0, 0.05) is 44.0 Å². The molecule has 1 heterocycles. The number of rotatable bonds is 4. The lowest BCUT2D eigenvalue weighted by Gasteiger charge is -2.37. The highest BCUT2D eigenvalue weighted by Crippen LogP contribution is 2.21. The molecule has 1 aliphatic heterocycles. The first-order chi connectivity index (χ1) is 12.0. The minimum Gasteiger partial charge on any atom is -0.399 e. The average Bonchev–Trinajstić information content (AvgIpc) is 2.64. The van der Waals surface area contributed by atoms with Crippen molar-refractivity contribution in [1.82, 2.24) is 9.80 Å². The van der Waals surface area contributed by atoms with Crippen LogP contribution in [-0.2, 0) is 6.54 Å². The fourth-order valence-corrected chi connectivity index (χ4v) is 3.53. The summed E-state index contributed by atoms with van der Waals surface area (Å²) in [5.41, 5.74) is 9.54. The van der Waals surface area contributed by atoms with Gasteiger partial charge in [-0.25, -0.2) is 0 Å². The number of aryl methyl sites for hydroxylation is 1. The van der Waals surface area contributed by atoms with Gasteiger partial charge in [-0.2, -0.15) is 0 Å². The molecule has 0 saturated carbocycles. The summed E-state index contributed by atoms with van der Waals surface area (Å²) in [6.07, 6.45) is 2.02. The molecule has 1 aliphatic rings. The Morgan fingerprint density at radius 1 is 1.16 bits per heavy atom. The van der Waals surface area contributed by atoms with Crippen LogP contribution in [0.15, 0.2) is 48.5 Å². The predicted octanol–water partition coefficient (Wildman–Crippen LogP) is 3.31. The van der Waals surface area contributed by atoms with Gasteiger partial charge in [0.05, 0.1) is 0 Å². The molecule has 1 fully saturated rings. The predicted molar refractivity (Wildman–Crippen MR) is 102 cm³/mol. The smallest absolute Gasteiger partial charge is 0.254 e. The van der Waals surface area contributed by atoms with Crippen molar-refractivity contribution >= 4 is 11.6 Å². The molecular formula is C21H27N3O. The topological polar surface area (TPSA) is 49.6 Å². The van der Waals surface area contributed by atoms with Crippen LogP contribution in [0.5, 0.6) is 0 Å². The third-order valence-electron chi connectivity index (χ3n) is 5.17. The zero-order valence-corrected chi connectivity index (χ0v) is 15.1. The van der Waals surface area contributed by atoms with Crippen LogP contribution in [-0.4, -0.2) is 41.9 Å². The second kappa shape index (κ2) is 7.70. The molecule has 25 heavy (non-hydrogen) atoms. The highest BCUT2D eigenvalue weighted by Gasteiger charge is 2.26. The third kappa shape index (κ3) is 4.20. The molecule has 4 heteroatoms. The summed E-state index contributed by atoms with van der Waals surface area (Å²) in [7, 11) is 1.92. The third-order valence-corrected chi connectivity index (χ3v) is 5.17. The summed E-state index contributed by atoms with van der Waals surface area (Å²) in [4.78, 5) is 17.2. The van der Waals surface area contributed by atoms with E-state index in [0.717, 1.165) is 38.0 Å². The SMILES string of the molecule is Cc1ccc(N)cc1C(=O)N(C)C1CCN(Cc2ccccc2)CC1. The lowest BCUT2D eigenvalue weighted by molar-refractivity contribution is 0.0636. The molecular weight excluding hydrogens is 310 g/mol. The van der Waals surface area contributed by atoms with Gasteiger partial charge in [0.1, 0.15) is 0 Å². The van der Waals surface area contributed by atoms with E-state index in [4.69, 9.17) is 5.73 Å². The Labute approximate surface area is 150 Å². The zero-order valence-electron chi connectivity index (χ0n) is 15.1. The number of nitrogens with two attached hydrogens (primary N) is 1. The summed E-state index contributed by atoms with van der Waals surface area (Å²) in [5.74, 6) is 0.0753. The molecule has 4 nitrogen and oxygen atoms in total. The monoisotopic (exact) mass is 337 g/mol. The van der Waals surface area contributed by atoms with Gasteiger partial charge in [-0.3, -0.25) is 9.69 Å². The van der Waals surface area contributed by atoms with Crippen molar-refractivity contribution in [2.45, 2.75) is 32.4 Å². The van der Waals surface area contributed by atoms with Crippen LogP contribution in [0.1, 0.15) is 34.3 Å². The van der Waals surface area contributed by atoms with Crippen molar-refractivity contribution in [1.29, 1.82) is 0 Å². The first kappa shape index (κ1) is 17.5. The van der Waals surface area contributed by atoms with Crippen LogP contribution in [0, 0.1) is 6.92 Å². The Morgan fingerprint density at radius 3 is 2.52 bits per heavy atom. The van der Waals surface area contributed by atoms with Gasteiger partial charge >= 0.3 is 0 Å². The lowest BCUT2D eigenvalue weighted by Crippen LogP contribution is -2.45. The fraction of sp³-hybridized carbons (Fsp3) is 0.381. The number of anilines is 1. The van der Waals surface area contributed by atoms with E-state index < -0.39 is 0 Å². The van der Waals surface area contributed by atoms with Crippen LogP contribution in [0.4, 0.5) is 5.69 Å². The van der Waals surface area contributed by atoms with Crippen molar-refractivity contribution in [3.63, 3.8) is 0 Å². The van der Waals surface area contributed by atoms with Crippen LogP contribution >= 0.6 is 0 Å². The number of hydrogen-bond donors (Lipinski definition) is 1. The first-order valence-electron chi connectivity index (χ1n) is 8.94. The normalized spacial score (nSPS) is 15.9. The van der Waals surface area contributed by atoms with E-state index in [1.807, 2.05) is 31.0 Å². The summed E-state index contributed by atoms with van der Waals surface area (Å²) in [6.45, 7) is 4.99. The molecule has 2 N–H and O–H groups in total. The zero-order chi connectivity index (χ0) is 17.8. The molecule has 0 unspecified atom stereocenters. The maximum absolute atomic E-state index is 12.8. The number of amides is 1. The van der Waals surface area contributed by atoms with Gasteiger partial charge in [0.25, 0.3) is 5.91 Å². The van der Waals surface area contributed by atoms with Crippen molar-refractivity contribution in [2.75, 3.05) is 25.9 Å². The van der Waals surface area contributed by atoms with Crippen molar-refractivity contribution in [3.05, 3.63) is 65.2 Å². The van der Waals surface area contributed by atoms with Crippen LogP contribution in [0.3, 0.4) is 0 Å². The quantitative estimate of drug-likeness (QED) is 0.871. The number of hydrogen-bond acceptors (Lipinski definition) is 3. The molecule has 132 valence electrons. The number of carbonyl (C=O) groups is 1. The molecule has 0 radical (unpaired) electrons. The summed E-state index contributed by atoms with van der Waals surface area (Å²) in [5, 5.41) is 0. The Bertz CT molecular complexity index is 721. The maximum Gasteiger partial charge on any atom is 0.254 e. The minimum absolute atomic E-state index is 0.0753. The van der Waals surface area contributed by atoms with Gasteiger partial charge in [-0.1, -0.05) is 36.4 Å². The van der Waals surface area contributed by atoms with E-state index in [1.54, 1.807) is 6.07 Å². The van der Waals surface area contributed by atoms with E-state index in [-0.39, 0.29) is 5.91 Å². The van der Waals surface area contributed by atoms with E-state index in [2.05, 4.69) is 35.2 Å². The van der Waals surface area contributed by atoms with Crippen LogP contribution in [0.25, 0.3) is 0 Å². The second-order valence-corrected chi connectivity index (χ2v) is 6.98. The molecule has 0 bridgehead atoms. The summed E-state index contributed by atoms with van der Waals surface area (Å²) in [6, 6.07) is 16.4. The molecule has 0 atom stereocenters. The lowest BCUT2D eigenvalue weighted by atomic mass is 10.0. The highest BCUT2D eigenvalue weighted by molar-refractivity contribution is 5.96. The molecule has 2 aromatic rings. The van der Waals surface area contributed by atoms with Crippen LogP contribution in [0.2, 0.25) is 0 Å². The number of nitrogen functional groups attached to an aromatic ring is 1. The molecule has 2 aromatic carbocycles. The van der Waals surface area contributed by atoms with Gasteiger partial charge in [0.15, 0.2) is 0 Å². The van der Waals surface area contributed by atoms with E-state index in [9.17, 15) is 4.79 Å².